The van der Waals surface area contributed by atoms with Crippen molar-refractivity contribution in [3.8, 4) is 0 Å². The van der Waals surface area contributed by atoms with Gasteiger partial charge < -0.3 is 15.8 Å². The number of anilines is 1. The number of aromatic nitrogens is 1. The molecule has 0 bridgehead atoms. The Bertz CT molecular complexity index is 614. The molecular formula is C10H11N5O5. The number of nitro groups is 2. The van der Waals surface area contributed by atoms with Crippen molar-refractivity contribution < 1.29 is 14.6 Å². The largest absolute Gasteiger partial charge is 0.475 e. The topological polar surface area (TPSA) is 146 Å². The van der Waals surface area contributed by atoms with Crippen LogP contribution < -0.4 is 11.1 Å². The van der Waals surface area contributed by atoms with Crippen LogP contribution in [0.25, 0.3) is 0 Å². The summed E-state index contributed by atoms with van der Waals surface area (Å²) >= 11 is 0. The van der Waals surface area contributed by atoms with Gasteiger partial charge in [-0.1, -0.05) is 0 Å². The number of fused-ring (bicyclic) bond motifs is 1. The SMILES string of the molecule is CCOC1=C([N+](=O)[O-])C(N)c2cc([N+](=O)[O-])cnc2N1. The summed E-state index contributed by atoms with van der Waals surface area (Å²) in [7, 11) is 0. The van der Waals surface area contributed by atoms with Gasteiger partial charge >= 0.3 is 5.70 Å². The Hall–Kier alpha value is -2.75. The number of nitrogens with one attached hydrogen (secondary N) is 1. The molecule has 10 heteroatoms. The third kappa shape index (κ3) is 2.23. The summed E-state index contributed by atoms with van der Waals surface area (Å²) in [5.41, 5.74) is 5.30. The second kappa shape index (κ2) is 5.09. The van der Waals surface area contributed by atoms with Crippen LogP contribution in [-0.2, 0) is 4.74 Å². The number of nitrogens with zero attached hydrogens (tertiary/aromatic N) is 3. The molecule has 0 fully saturated rings. The van der Waals surface area contributed by atoms with Crippen molar-refractivity contribution in [2.24, 2.45) is 5.73 Å². The first kappa shape index (κ1) is 13.7. The molecule has 10 nitrogen and oxygen atoms in total. The summed E-state index contributed by atoms with van der Waals surface area (Å²) in [4.78, 5) is 24.3. The van der Waals surface area contributed by atoms with Crippen molar-refractivity contribution in [1.82, 2.24) is 4.98 Å². The number of ether oxygens (including phenoxy) is 1. The van der Waals surface area contributed by atoms with Crippen molar-refractivity contribution in [3.63, 3.8) is 0 Å². The summed E-state index contributed by atoms with van der Waals surface area (Å²) in [6, 6.07) is 0.00173. The zero-order valence-electron chi connectivity index (χ0n) is 10.4. The Balaban J connectivity index is 2.52. The van der Waals surface area contributed by atoms with Gasteiger partial charge in [0.2, 0.25) is 0 Å². The summed E-state index contributed by atoms with van der Waals surface area (Å²) in [5, 5.41) is 24.4. The molecule has 1 aromatic rings. The van der Waals surface area contributed by atoms with Crippen molar-refractivity contribution in [1.29, 1.82) is 0 Å². The van der Waals surface area contributed by atoms with Gasteiger partial charge in [0.15, 0.2) is 0 Å². The van der Waals surface area contributed by atoms with Gasteiger partial charge in [0.05, 0.1) is 16.5 Å². The van der Waals surface area contributed by atoms with Crippen molar-refractivity contribution in [3.05, 3.63) is 49.6 Å². The maximum atomic E-state index is 11.1. The van der Waals surface area contributed by atoms with Crippen molar-refractivity contribution >= 4 is 11.5 Å². The van der Waals surface area contributed by atoms with Gasteiger partial charge in [0.1, 0.15) is 18.1 Å². The minimum Gasteiger partial charge on any atom is -0.475 e. The Kier molecular flexibility index (Phi) is 3.48. The van der Waals surface area contributed by atoms with Gasteiger partial charge in [-0.05, 0) is 6.92 Å². The fourth-order valence-electron chi connectivity index (χ4n) is 1.82. The van der Waals surface area contributed by atoms with Gasteiger partial charge in [-0.2, -0.15) is 0 Å². The molecule has 0 radical (unpaired) electrons. The summed E-state index contributed by atoms with van der Waals surface area (Å²) in [5.74, 6) is 0.107. The van der Waals surface area contributed by atoms with E-state index in [9.17, 15) is 20.2 Å². The lowest BCUT2D eigenvalue weighted by Gasteiger charge is -2.22. The van der Waals surface area contributed by atoms with Gasteiger partial charge in [-0.25, -0.2) is 4.98 Å². The number of nitrogens with two attached hydrogens (primary N) is 1. The van der Waals surface area contributed by atoms with Gasteiger partial charge in [-0.3, -0.25) is 20.2 Å². The Morgan fingerprint density at radius 3 is 2.70 bits per heavy atom. The van der Waals surface area contributed by atoms with E-state index in [1.807, 2.05) is 0 Å². The van der Waals surface area contributed by atoms with E-state index in [2.05, 4.69) is 10.3 Å². The van der Waals surface area contributed by atoms with Crippen LogP contribution in [-0.4, -0.2) is 21.4 Å². The van der Waals surface area contributed by atoms with E-state index >= 15 is 0 Å². The zero-order valence-corrected chi connectivity index (χ0v) is 10.4. The molecule has 0 saturated carbocycles. The first-order valence-corrected chi connectivity index (χ1v) is 5.64. The van der Waals surface area contributed by atoms with Crippen molar-refractivity contribution in [2.45, 2.75) is 13.0 Å². The first-order valence-electron chi connectivity index (χ1n) is 5.64. The van der Waals surface area contributed by atoms with E-state index in [4.69, 9.17) is 10.5 Å². The highest BCUT2D eigenvalue weighted by Crippen LogP contribution is 2.35. The molecule has 0 amide bonds. The van der Waals surface area contributed by atoms with Crippen LogP contribution in [0.5, 0.6) is 0 Å². The average Bonchev–Trinajstić information content (AvgIpc) is 2.38. The van der Waals surface area contributed by atoms with Crippen LogP contribution in [0.3, 0.4) is 0 Å². The predicted octanol–water partition coefficient (Wildman–Crippen LogP) is 0.897. The molecule has 1 atom stereocenters. The van der Waals surface area contributed by atoms with E-state index in [-0.39, 0.29) is 35.3 Å². The summed E-state index contributed by atoms with van der Waals surface area (Å²) in [6.45, 7) is 1.87. The number of hydrogen-bond donors (Lipinski definition) is 2. The number of hydrogen-bond acceptors (Lipinski definition) is 8. The summed E-state index contributed by atoms with van der Waals surface area (Å²) < 4.78 is 5.13. The highest BCUT2D eigenvalue weighted by Gasteiger charge is 2.37. The molecule has 1 aromatic heterocycles. The predicted molar refractivity (Wildman–Crippen MR) is 67.1 cm³/mol. The molecule has 2 rings (SSSR count). The van der Waals surface area contributed by atoms with Gasteiger partial charge in [-0.15, -0.1) is 0 Å². The van der Waals surface area contributed by atoms with Crippen LogP contribution >= 0.6 is 0 Å². The zero-order chi connectivity index (χ0) is 14.9. The van der Waals surface area contributed by atoms with Crippen LogP contribution in [0, 0.1) is 20.2 Å². The molecule has 0 aliphatic carbocycles. The molecule has 1 aliphatic heterocycles. The highest BCUT2D eigenvalue weighted by atomic mass is 16.6. The Morgan fingerprint density at radius 2 is 2.15 bits per heavy atom. The number of rotatable bonds is 4. The summed E-state index contributed by atoms with van der Waals surface area (Å²) in [6.07, 6.45) is 1.04. The molecule has 0 spiro atoms. The van der Waals surface area contributed by atoms with Crippen LogP contribution in [0.1, 0.15) is 18.5 Å². The minimum atomic E-state index is -1.16. The lowest BCUT2D eigenvalue weighted by atomic mass is 10.0. The maximum absolute atomic E-state index is 11.1. The van der Waals surface area contributed by atoms with Gasteiger partial charge in [0, 0.05) is 11.6 Å². The molecule has 2 heterocycles. The van der Waals surface area contributed by atoms with Gasteiger partial charge in [0.25, 0.3) is 11.6 Å². The quantitative estimate of drug-likeness (QED) is 0.611. The fourth-order valence-corrected chi connectivity index (χ4v) is 1.82. The highest BCUT2D eigenvalue weighted by molar-refractivity contribution is 5.58. The normalized spacial score (nSPS) is 17.2. The van der Waals surface area contributed by atoms with E-state index in [0.717, 1.165) is 12.3 Å². The lowest BCUT2D eigenvalue weighted by Crippen LogP contribution is -2.29. The second-order valence-corrected chi connectivity index (χ2v) is 3.90. The molecule has 106 valence electrons. The van der Waals surface area contributed by atoms with Crippen molar-refractivity contribution in [2.75, 3.05) is 11.9 Å². The minimum absolute atomic E-state index is 0.0983. The van der Waals surface area contributed by atoms with E-state index in [1.54, 1.807) is 6.92 Å². The lowest BCUT2D eigenvalue weighted by molar-refractivity contribution is -0.433. The monoisotopic (exact) mass is 281 g/mol. The molecule has 20 heavy (non-hydrogen) atoms. The maximum Gasteiger partial charge on any atom is 0.326 e. The standard InChI is InChI=1S/C10H11N5O5/c1-2-20-10-8(15(18)19)7(11)6-3-5(14(16)17)4-12-9(6)13-10/h3-4,7H,2,11H2,1H3,(H,12,13). The molecule has 1 aliphatic rings. The third-order valence-corrected chi connectivity index (χ3v) is 2.69. The van der Waals surface area contributed by atoms with E-state index in [1.165, 1.54) is 0 Å². The smallest absolute Gasteiger partial charge is 0.326 e. The number of pyridine rings is 1. The molecular weight excluding hydrogens is 270 g/mol. The Morgan fingerprint density at radius 1 is 1.45 bits per heavy atom. The molecule has 1 unspecified atom stereocenters. The first-order chi connectivity index (χ1) is 9.45. The molecule has 3 N–H and O–H groups in total. The van der Waals surface area contributed by atoms with Crippen LogP contribution in [0.2, 0.25) is 0 Å². The van der Waals surface area contributed by atoms with E-state index < -0.39 is 15.9 Å². The average molecular weight is 281 g/mol. The fraction of sp³-hybridized carbons (Fsp3) is 0.300. The van der Waals surface area contributed by atoms with Crippen LogP contribution in [0.4, 0.5) is 11.5 Å². The molecule has 0 saturated heterocycles. The second-order valence-electron chi connectivity index (χ2n) is 3.90. The third-order valence-electron chi connectivity index (χ3n) is 2.69. The Labute approximate surface area is 112 Å². The van der Waals surface area contributed by atoms with E-state index in [0.29, 0.717) is 0 Å². The van der Waals surface area contributed by atoms with Crippen LogP contribution in [0.15, 0.2) is 23.8 Å². The molecule has 0 aromatic carbocycles.